The quantitative estimate of drug-likeness (QED) is 0.563. The highest BCUT2D eigenvalue weighted by Crippen LogP contribution is 2.23. The van der Waals surface area contributed by atoms with Crippen LogP contribution in [0.2, 0.25) is 0 Å². The van der Waals surface area contributed by atoms with Crippen LogP contribution in [0.3, 0.4) is 0 Å². The average Bonchev–Trinajstić information content (AvgIpc) is 2.16. The van der Waals surface area contributed by atoms with E-state index in [0.29, 0.717) is 12.3 Å². The van der Waals surface area contributed by atoms with E-state index in [0.717, 1.165) is 0 Å². The van der Waals surface area contributed by atoms with Crippen molar-refractivity contribution in [1.29, 1.82) is 0 Å². The third-order valence-electron chi connectivity index (χ3n) is 1.55. The summed E-state index contributed by atoms with van der Waals surface area (Å²) in [6, 6.07) is 0.697. The van der Waals surface area contributed by atoms with Gasteiger partial charge in [-0.3, -0.25) is 10.1 Å². The lowest BCUT2D eigenvalue weighted by Crippen LogP contribution is -1.98. The van der Waals surface area contributed by atoms with Crippen LogP contribution >= 0.6 is 0 Å². The normalized spacial score (nSPS) is 10.6. The zero-order valence-electron chi connectivity index (χ0n) is 6.78. The van der Waals surface area contributed by atoms with Crippen LogP contribution in [0.1, 0.15) is 17.7 Å². The summed E-state index contributed by atoms with van der Waals surface area (Å²) < 4.78 is 36.3. The molecule has 0 aromatic carbocycles. The van der Waals surface area contributed by atoms with Crippen LogP contribution < -0.4 is 0 Å². The monoisotopic (exact) mass is 206 g/mol. The fraction of sp³-hybridized carbons (Fsp3) is 0.286. The summed E-state index contributed by atoms with van der Waals surface area (Å²) in [6.45, 7) is -1.17. The van der Waals surface area contributed by atoms with E-state index in [4.69, 9.17) is 0 Å². The van der Waals surface area contributed by atoms with Gasteiger partial charge in [-0.05, 0) is 6.07 Å². The molecule has 0 aliphatic heterocycles. The molecule has 0 aliphatic carbocycles. The second-order valence-electron chi connectivity index (χ2n) is 2.43. The summed E-state index contributed by atoms with van der Waals surface area (Å²) >= 11 is 0. The summed E-state index contributed by atoms with van der Waals surface area (Å²) in [4.78, 5) is 12.6. The number of halogens is 3. The summed E-state index contributed by atoms with van der Waals surface area (Å²) in [5.41, 5.74) is -1.64. The summed E-state index contributed by atoms with van der Waals surface area (Å²) in [7, 11) is 0. The van der Waals surface area contributed by atoms with Crippen molar-refractivity contribution in [3.63, 3.8) is 0 Å². The van der Waals surface area contributed by atoms with Gasteiger partial charge in [0.1, 0.15) is 18.6 Å². The van der Waals surface area contributed by atoms with E-state index in [1.165, 1.54) is 0 Å². The molecule has 0 saturated carbocycles. The number of hydrogen-bond acceptors (Lipinski definition) is 3. The van der Waals surface area contributed by atoms with E-state index in [9.17, 15) is 23.3 Å². The average molecular weight is 206 g/mol. The van der Waals surface area contributed by atoms with Crippen molar-refractivity contribution in [2.45, 2.75) is 13.1 Å². The van der Waals surface area contributed by atoms with E-state index in [2.05, 4.69) is 4.98 Å². The topological polar surface area (TPSA) is 56.0 Å². The Bertz CT molecular complexity index is 357. The molecule has 1 heterocycles. The Morgan fingerprint density at radius 1 is 1.57 bits per heavy atom. The lowest BCUT2D eigenvalue weighted by atomic mass is 10.2. The Morgan fingerprint density at radius 2 is 2.21 bits per heavy atom. The Hall–Kier alpha value is -1.66. The third kappa shape index (κ3) is 1.98. The molecule has 0 fully saturated rings. The largest absolute Gasteiger partial charge is 0.293 e. The van der Waals surface area contributed by atoms with Crippen molar-refractivity contribution >= 4 is 5.69 Å². The smallest absolute Gasteiger partial charge is 0.258 e. The Labute approximate surface area is 76.5 Å². The molecule has 0 radical (unpaired) electrons. The van der Waals surface area contributed by atoms with Crippen molar-refractivity contribution in [1.82, 2.24) is 4.98 Å². The van der Waals surface area contributed by atoms with Gasteiger partial charge < -0.3 is 0 Å². The molecule has 0 aliphatic rings. The summed E-state index contributed by atoms with van der Waals surface area (Å²) in [6.07, 6.45) is -2.22. The molecule has 0 bridgehead atoms. The molecule has 14 heavy (non-hydrogen) atoms. The van der Waals surface area contributed by atoms with Gasteiger partial charge in [0.25, 0.3) is 12.1 Å². The van der Waals surface area contributed by atoms with Crippen LogP contribution in [0.25, 0.3) is 0 Å². The van der Waals surface area contributed by atoms with Gasteiger partial charge in [-0.25, -0.2) is 18.2 Å². The van der Waals surface area contributed by atoms with Crippen LogP contribution in [0.15, 0.2) is 12.3 Å². The Kier molecular flexibility index (Phi) is 3.00. The second kappa shape index (κ2) is 4.03. The zero-order chi connectivity index (χ0) is 10.7. The first-order valence-electron chi connectivity index (χ1n) is 3.53. The minimum absolute atomic E-state index is 0.389. The molecular formula is C7H5F3N2O2. The molecule has 1 aromatic rings. The van der Waals surface area contributed by atoms with Crippen molar-refractivity contribution < 1.29 is 18.1 Å². The third-order valence-corrected chi connectivity index (χ3v) is 1.55. The Morgan fingerprint density at radius 3 is 2.64 bits per heavy atom. The molecule has 1 aromatic heterocycles. The number of nitrogens with zero attached hydrogens (tertiary/aromatic N) is 2. The molecule has 76 valence electrons. The molecule has 0 atom stereocenters. The van der Waals surface area contributed by atoms with Crippen LogP contribution in [0, 0.1) is 10.1 Å². The zero-order valence-corrected chi connectivity index (χ0v) is 6.78. The van der Waals surface area contributed by atoms with E-state index in [-0.39, 0.29) is 5.56 Å². The highest BCUT2D eigenvalue weighted by atomic mass is 19.3. The van der Waals surface area contributed by atoms with Gasteiger partial charge in [-0.2, -0.15) is 0 Å². The molecule has 0 spiro atoms. The summed E-state index contributed by atoms with van der Waals surface area (Å²) in [5, 5.41) is 10.3. The van der Waals surface area contributed by atoms with Crippen molar-refractivity contribution in [2.75, 3.05) is 0 Å². The predicted molar refractivity (Wildman–Crippen MR) is 40.7 cm³/mol. The van der Waals surface area contributed by atoms with Crippen molar-refractivity contribution in [2.24, 2.45) is 0 Å². The standard InChI is InChI=1S/C7H5F3N2O2/c8-2-4-1-5(7(9)10)11-3-6(4)12(13)14/h1,3,7H,2H2. The van der Waals surface area contributed by atoms with Crippen molar-refractivity contribution in [3.8, 4) is 0 Å². The first kappa shape index (κ1) is 10.4. The van der Waals surface area contributed by atoms with Gasteiger partial charge in [0.05, 0.1) is 10.5 Å². The lowest BCUT2D eigenvalue weighted by Gasteiger charge is -2.01. The number of hydrogen-bond donors (Lipinski definition) is 0. The van der Waals surface area contributed by atoms with Gasteiger partial charge in [0.2, 0.25) is 0 Å². The second-order valence-corrected chi connectivity index (χ2v) is 2.43. The van der Waals surface area contributed by atoms with Gasteiger partial charge in [-0.1, -0.05) is 0 Å². The fourth-order valence-corrected chi connectivity index (χ4v) is 0.899. The lowest BCUT2D eigenvalue weighted by molar-refractivity contribution is -0.386. The number of rotatable bonds is 3. The maximum atomic E-state index is 12.2. The molecule has 1 rings (SSSR count). The summed E-state index contributed by atoms with van der Waals surface area (Å²) in [5.74, 6) is 0. The first-order chi connectivity index (χ1) is 6.56. The number of aromatic nitrogens is 1. The minimum Gasteiger partial charge on any atom is -0.258 e. The van der Waals surface area contributed by atoms with E-state index >= 15 is 0 Å². The SMILES string of the molecule is O=[N+]([O-])c1cnc(C(F)F)cc1CF. The highest BCUT2D eigenvalue weighted by Gasteiger charge is 2.18. The molecule has 0 unspecified atom stereocenters. The van der Waals surface area contributed by atoms with Gasteiger partial charge >= 0.3 is 0 Å². The first-order valence-corrected chi connectivity index (χ1v) is 3.53. The molecule has 4 nitrogen and oxygen atoms in total. The number of nitro groups is 1. The predicted octanol–water partition coefficient (Wildman–Crippen LogP) is 2.40. The molecule has 7 heteroatoms. The van der Waals surface area contributed by atoms with Crippen LogP contribution in [0.5, 0.6) is 0 Å². The van der Waals surface area contributed by atoms with E-state index in [1.54, 1.807) is 0 Å². The maximum absolute atomic E-state index is 12.2. The van der Waals surface area contributed by atoms with Crippen LogP contribution in [0.4, 0.5) is 18.9 Å². The molecule has 0 saturated heterocycles. The van der Waals surface area contributed by atoms with Gasteiger partial charge in [-0.15, -0.1) is 0 Å². The van der Waals surface area contributed by atoms with Crippen LogP contribution in [-0.2, 0) is 6.67 Å². The van der Waals surface area contributed by atoms with Crippen LogP contribution in [-0.4, -0.2) is 9.91 Å². The van der Waals surface area contributed by atoms with E-state index < -0.39 is 29.4 Å². The minimum atomic E-state index is -2.86. The molecular weight excluding hydrogens is 201 g/mol. The van der Waals surface area contributed by atoms with Gasteiger partial charge in [0, 0.05) is 0 Å². The van der Waals surface area contributed by atoms with E-state index in [1.807, 2.05) is 0 Å². The molecule has 0 amide bonds. The van der Waals surface area contributed by atoms with Crippen molar-refractivity contribution in [3.05, 3.63) is 33.6 Å². The van der Waals surface area contributed by atoms with Gasteiger partial charge in [0.15, 0.2) is 0 Å². The highest BCUT2D eigenvalue weighted by molar-refractivity contribution is 5.38. The number of alkyl halides is 3. The Balaban J connectivity index is 3.18. The maximum Gasteiger partial charge on any atom is 0.293 e. The number of pyridine rings is 1. The molecule has 0 N–H and O–H groups in total. The fourth-order valence-electron chi connectivity index (χ4n) is 0.899.